The van der Waals surface area contributed by atoms with Crippen LogP contribution in [0, 0.1) is 5.92 Å². The van der Waals surface area contributed by atoms with Crippen LogP contribution < -0.4 is 14.4 Å². The summed E-state index contributed by atoms with van der Waals surface area (Å²) in [5.74, 6) is 2.65. The zero-order valence-corrected chi connectivity index (χ0v) is 27.4. The fourth-order valence-electron chi connectivity index (χ4n) is 5.93. The first-order chi connectivity index (χ1) is 22.5. The van der Waals surface area contributed by atoms with Gasteiger partial charge in [-0.15, -0.1) is 18.3 Å². The van der Waals surface area contributed by atoms with Crippen LogP contribution >= 0.6 is 11.8 Å². The van der Waals surface area contributed by atoms with Gasteiger partial charge in [0.2, 0.25) is 5.91 Å². The molecule has 1 aromatic heterocycles. The van der Waals surface area contributed by atoms with Gasteiger partial charge in [-0.1, -0.05) is 49.9 Å². The average molecular weight is 664 g/mol. The Morgan fingerprint density at radius 3 is 2.47 bits per heavy atom. The molecule has 0 radical (unpaired) electrons. The zero-order valence-electron chi connectivity index (χ0n) is 26.6. The molecule has 1 aliphatic carbocycles. The molecule has 1 aliphatic heterocycles. The number of hydrogen-bond donors (Lipinski definition) is 0. The summed E-state index contributed by atoms with van der Waals surface area (Å²) in [6.45, 7) is 6.50. The van der Waals surface area contributed by atoms with Crippen LogP contribution in [-0.2, 0) is 4.79 Å². The summed E-state index contributed by atoms with van der Waals surface area (Å²) in [5.41, 5.74) is 4.76. The number of nitrogens with zero attached hydrogens (tertiary/aromatic N) is 5. The largest absolute Gasteiger partial charge is 0.573 e. The third kappa shape index (κ3) is 7.64. The molecule has 3 atom stereocenters. The molecule has 6 rings (SSSR count). The molecule has 1 amide bonds. The molecule has 12 heteroatoms. The van der Waals surface area contributed by atoms with E-state index >= 15 is 0 Å². The van der Waals surface area contributed by atoms with Crippen LogP contribution in [0.5, 0.6) is 11.5 Å². The second-order valence-electron chi connectivity index (χ2n) is 12.2. The van der Waals surface area contributed by atoms with Crippen molar-refractivity contribution in [2.45, 2.75) is 64.3 Å². The number of aliphatic imine (C=N–C) groups is 1. The summed E-state index contributed by atoms with van der Waals surface area (Å²) in [6, 6.07) is 19.7. The van der Waals surface area contributed by atoms with Crippen molar-refractivity contribution in [1.82, 2.24) is 14.8 Å². The van der Waals surface area contributed by atoms with Gasteiger partial charge in [-0.2, -0.15) is 4.99 Å². The van der Waals surface area contributed by atoms with Crippen LogP contribution in [0.2, 0.25) is 0 Å². The molecule has 1 saturated carbocycles. The van der Waals surface area contributed by atoms with Gasteiger partial charge < -0.3 is 14.4 Å². The Kier molecular flexibility index (Phi) is 9.32. The van der Waals surface area contributed by atoms with E-state index in [1.807, 2.05) is 30.3 Å². The molecule has 8 nitrogen and oxygen atoms in total. The number of rotatable bonds is 9. The topological polar surface area (TPSA) is 81.8 Å². The molecule has 2 heterocycles. The second kappa shape index (κ2) is 13.4. The normalized spacial score (nSPS) is 20.5. The average Bonchev–Trinajstić information content (AvgIpc) is 3.61. The highest BCUT2D eigenvalue weighted by molar-refractivity contribution is 8.14. The van der Waals surface area contributed by atoms with E-state index in [4.69, 9.17) is 4.74 Å². The lowest BCUT2D eigenvalue weighted by molar-refractivity contribution is -0.274. The standard InChI is InChI=1S/C35H36F3N5O3S/c1-21(2)29-19-28(45-4)13-14-31(29)43-22(3)15-16-47-34(43)40-32(44)18-25-17-30(25)23-5-7-24(8-6-23)33-39-20-42(41-33)26-9-11-27(12-10-26)46-35(36,37)38/h5-14,19-22,25,30H,15-18H2,1-4H3/b40-34-. The van der Waals surface area contributed by atoms with Gasteiger partial charge in [-0.3, -0.25) is 4.79 Å². The first-order valence-corrected chi connectivity index (χ1v) is 16.6. The summed E-state index contributed by atoms with van der Waals surface area (Å²) in [5, 5.41) is 5.25. The van der Waals surface area contributed by atoms with Crippen LogP contribution in [0.15, 0.2) is 78.0 Å². The van der Waals surface area contributed by atoms with Gasteiger partial charge in [0.15, 0.2) is 11.0 Å². The van der Waals surface area contributed by atoms with Gasteiger partial charge in [0.1, 0.15) is 17.8 Å². The molecule has 0 spiro atoms. The number of alkyl halides is 3. The molecule has 1 saturated heterocycles. The Morgan fingerprint density at radius 1 is 1.06 bits per heavy atom. The van der Waals surface area contributed by atoms with Crippen LogP contribution in [-0.4, -0.2) is 51.1 Å². The zero-order chi connectivity index (χ0) is 33.3. The Labute approximate surface area is 276 Å². The molecule has 2 aliphatic rings. The first kappa shape index (κ1) is 32.6. The van der Waals surface area contributed by atoms with Gasteiger partial charge in [0, 0.05) is 29.5 Å². The number of benzene rings is 3. The summed E-state index contributed by atoms with van der Waals surface area (Å²) < 4.78 is 48.3. The number of carbonyl (C=O) groups is 1. The second-order valence-corrected chi connectivity index (χ2v) is 13.3. The number of thioether (sulfide) groups is 1. The molecule has 0 bridgehead atoms. The first-order valence-electron chi connectivity index (χ1n) is 15.6. The van der Waals surface area contributed by atoms with Gasteiger partial charge in [0.05, 0.1) is 12.8 Å². The summed E-state index contributed by atoms with van der Waals surface area (Å²) in [4.78, 5) is 24.5. The van der Waals surface area contributed by atoms with Crippen molar-refractivity contribution in [3.63, 3.8) is 0 Å². The van der Waals surface area contributed by atoms with Crippen LogP contribution in [0.4, 0.5) is 18.9 Å². The van der Waals surface area contributed by atoms with Gasteiger partial charge in [-0.05, 0) is 91.1 Å². The number of amidine groups is 1. The molecule has 246 valence electrons. The lowest BCUT2D eigenvalue weighted by Crippen LogP contribution is -2.42. The minimum absolute atomic E-state index is 0.0944. The van der Waals surface area contributed by atoms with Crippen molar-refractivity contribution in [1.29, 1.82) is 0 Å². The lowest BCUT2D eigenvalue weighted by Gasteiger charge is -2.37. The number of ether oxygens (including phenoxy) is 2. The number of aromatic nitrogens is 3. The van der Waals surface area contributed by atoms with Crippen LogP contribution in [0.1, 0.15) is 63.0 Å². The van der Waals surface area contributed by atoms with Gasteiger partial charge in [0.25, 0.3) is 0 Å². The van der Waals surface area contributed by atoms with E-state index in [1.165, 1.54) is 40.8 Å². The Hall–Kier alpha value is -4.32. The van der Waals surface area contributed by atoms with Crippen molar-refractivity contribution in [2.75, 3.05) is 17.8 Å². The maximum Gasteiger partial charge on any atom is 0.573 e. The van der Waals surface area contributed by atoms with Gasteiger partial charge in [-0.25, -0.2) is 9.67 Å². The highest BCUT2D eigenvalue weighted by Crippen LogP contribution is 2.50. The quantitative estimate of drug-likeness (QED) is 0.178. The highest BCUT2D eigenvalue weighted by Gasteiger charge is 2.40. The number of methoxy groups -OCH3 is 1. The molecule has 47 heavy (non-hydrogen) atoms. The molecule has 4 aromatic rings. The van der Waals surface area contributed by atoms with E-state index in [2.05, 4.69) is 57.6 Å². The van der Waals surface area contributed by atoms with E-state index in [0.717, 1.165) is 46.3 Å². The van der Waals surface area contributed by atoms with E-state index in [1.54, 1.807) is 18.9 Å². The smallest absolute Gasteiger partial charge is 0.497 e. The lowest BCUT2D eigenvalue weighted by atomic mass is 9.99. The van der Waals surface area contributed by atoms with Crippen LogP contribution in [0.25, 0.3) is 17.1 Å². The summed E-state index contributed by atoms with van der Waals surface area (Å²) in [6.07, 6.45) is -0.898. The number of amides is 1. The molecular weight excluding hydrogens is 627 g/mol. The maximum absolute atomic E-state index is 13.3. The Balaban J connectivity index is 1.09. The fourth-order valence-corrected chi connectivity index (χ4v) is 7.16. The molecule has 3 unspecified atom stereocenters. The number of anilines is 1. The van der Waals surface area contributed by atoms with E-state index < -0.39 is 6.36 Å². The third-order valence-corrected chi connectivity index (χ3v) is 9.52. The summed E-state index contributed by atoms with van der Waals surface area (Å²) in [7, 11) is 1.67. The Morgan fingerprint density at radius 2 is 1.79 bits per heavy atom. The maximum atomic E-state index is 13.3. The van der Waals surface area contributed by atoms with E-state index in [0.29, 0.717) is 23.9 Å². The predicted octanol–water partition coefficient (Wildman–Crippen LogP) is 8.37. The molecule has 3 aromatic carbocycles. The number of carbonyl (C=O) groups excluding carboxylic acids is 1. The van der Waals surface area contributed by atoms with Crippen molar-refractivity contribution in [2.24, 2.45) is 10.9 Å². The number of halogens is 3. The monoisotopic (exact) mass is 663 g/mol. The predicted molar refractivity (Wildman–Crippen MR) is 177 cm³/mol. The SMILES string of the molecule is COc1ccc(N2/C(=N/C(=O)CC3CC3c3ccc(-c4ncn(-c5ccc(OC(F)(F)F)cc5)n4)cc3)SCCC2C)c(C(C)C)c1. The van der Waals surface area contributed by atoms with Crippen molar-refractivity contribution >= 4 is 28.5 Å². The van der Waals surface area contributed by atoms with E-state index in [-0.39, 0.29) is 29.5 Å². The molecule has 0 N–H and O–H groups in total. The minimum Gasteiger partial charge on any atom is -0.497 e. The molecule has 2 fully saturated rings. The third-order valence-electron chi connectivity index (χ3n) is 8.53. The van der Waals surface area contributed by atoms with Crippen molar-refractivity contribution in [3.05, 3.63) is 84.2 Å². The Bertz CT molecular complexity index is 1760. The van der Waals surface area contributed by atoms with Crippen LogP contribution in [0.3, 0.4) is 0 Å². The van der Waals surface area contributed by atoms with E-state index in [9.17, 15) is 18.0 Å². The highest BCUT2D eigenvalue weighted by atomic mass is 32.2. The summed E-state index contributed by atoms with van der Waals surface area (Å²) >= 11 is 1.64. The molecular formula is C35H36F3N5O3S. The fraction of sp³-hybridized carbons (Fsp3) is 0.371. The van der Waals surface area contributed by atoms with Crippen molar-refractivity contribution in [3.8, 4) is 28.6 Å². The number of hydrogen-bond acceptors (Lipinski definition) is 6. The minimum atomic E-state index is -4.75. The van der Waals surface area contributed by atoms with Crippen molar-refractivity contribution < 1.29 is 27.4 Å². The van der Waals surface area contributed by atoms with Gasteiger partial charge >= 0.3 is 6.36 Å².